The fourth-order valence-corrected chi connectivity index (χ4v) is 3.01. The van der Waals surface area contributed by atoms with Crippen LogP contribution >= 0.6 is 0 Å². The number of ether oxygens (including phenoxy) is 1. The van der Waals surface area contributed by atoms with E-state index in [4.69, 9.17) is 4.74 Å². The Bertz CT molecular complexity index is 719. The summed E-state index contributed by atoms with van der Waals surface area (Å²) in [6, 6.07) is 7.06. The molecule has 1 atom stereocenters. The molecule has 1 aliphatic rings. The topological polar surface area (TPSA) is 59.4 Å². The molecular weight excluding hydrogens is 323 g/mol. The second-order valence-corrected chi connectivity index (χ2v) is 6.24. The van der Waals surface area contributed by atoms with Gasteiger partial charge >= 0.3 is 6.03 Å². The van der Waals surface area contributed by atoms with E-state index >= 15 is 0 Å². The monoisotopic (exact) mass is 346 g/mol. The first-order valence-corrected chi connectivity index (χ1v) is 8.51. The highest BCUT2D eigenvalue weighted by atomic mass is 19.1. The van der Waals surface area contributed by atoms with Gasteiger partial charge in [-0.25, -0.2) is 9.18 Å². The number of aromatic nitrogens is 2. The molecule has 0 radical (unpaired) electrons. The van der Waals surface area contributed by atoms with Crippen LogP contribution in [0.1, 0.15) is 24.4 Å². The zero-order chi connectivity index (χ0) is 17.6. The first-order valence-electron chi connectivity index (χ1n) is 8.51. The lowest BCUT2D eigenvalue weighted by molar-refractivity contribution is 0.175. The number of anilines is 1. The minimum absolute atomic E-state index is 0.00842. The molecule has 1 aromatic heterocycles. The average molecular weight is 346 g/mol. The highest BCUT2D eigenvalue weighted by Crippen LogP contribution is 2.23. The van der Waals surface area contributed by atoms with Gasteiger partial charge in [-0.1, -0.05) is 6.07 Å². The number of hydrogen-bond donors (Lipinski definition) is 1. The Hall–Kier alpha value is -2.57. The summed E-state index contributed by atoms with van der Waals surface area (Å²) in [5.41, 5.74) is 1.75. The normalized spacial score (nSPS) is 17.4. The molecule has 1 N–H and O–H groups in total. The van der Waals surface area contributed by atoms with Gasteiger partial charge in [-0.3, -0.25) is 4.68 Å². The number of nitrogens with zero attached hydrogens (tertiary/aromatic N) is 3. The molecule has 2 aromatic rings. The Morgan fingerprint density at radius 1 is 1.48 bits per heavy atom. The summed E-state index contributed by atoms with van der Waals surface area (Å²) in [7, 11) is 0. The Labute approximate surface area is 146 Å². The van der Waals surface area contributed by atoms with Gasteiger partial charge in [0.25, 0.3) is 0 Å². The minimum Gasteiger partial charge on any atom is -0.491 e. The fourth-order valence-electron chi connectivity index (χ4n) is 3.01. The van der Waals surface area contributed by atoms with Crippen LogP contribution in [0.5, 0.6) is 5.75 Å². The Morgan fingerprint density at radius 3 is 3.12 bits per heavy atom. The molecule has 0 unspecified atom stereocenters. The lowest BCUT2D eigenvalue weighted by atomic mass is 10.1. The van der Waals surface area contributed by atoms with E-state index in [1.165, 1.54) is 0 Å². The van der Waals surface area contributed by atoms with Crippen molar-refractivity contribution in [1.82, 2.24) is 14.7 Å². The molecular formula is C18H23FN4O2. The number of carbonyl (C=O) groups is 1. The van der Waals surface area contributed by atoms with Crippen molar-refractivity contribution in [2.75, 3.05) is 31.7 Å². The summed E-state index contributed by atoms with van der Waals surface area (Å²) in [5, 5.41) is 7.26. The smallest absolute Gasteiger partial charge is 0.321 e. The van der Waals surface area contributed by atoms with Gasteiger partial charge in [0.2, 0.25) is 0 Å². The standard InChI is InChI=1S/C18H23FN4O2/c1-14-11-20-23(12-14)16-5-3-8-22(13-16)18(24)21-15-4-2-6-17(10-15)25-9-7-19/h2,4,6,10-12,16H,3,5,7-9,13H2,1H3,(H,21,24)/t16-/m1/s1. The molecule has 2 heterocycles. The van der Waals surface area contributed by atoms with Gasteiger partial charge in [0.15, 0.2) is 0 Å². The molecule has 1 saturated heterocycles. The van der Waals surface area contributed by atoms with Crippen molar-refractivity contribution >= 4 is 11.7 Å². The molecule has 25 heavy (non-hydrogen) atoms. The fraction of sp³-hybridized carbons (Fsp3) is 0.444. The molecule has 1 aliphatic heterocycles. The van der Waals surface area contributed by atoms with Crippen LogP contribution in [-0.4, -0.2) is 47.1 Å². The highest BCUT2D eigenvalue weighted by Gasteiger charge is 2.25. The van der Waals surface area contributed by atoms with E-state index in [-0.39, 0.29) is 18.7 Å². The van der Waals surface area contributed by atoms with Crippen LogP contribution in [0.15, 0.2) is 36.7 Å². The van der Waals surface area contributed by atoms with E-state index in [0.29, 0.717) is 18.0 Å². The third-order valence-corrected chi connectivity index (χ3v) is 4.22. The van der Waals surface area contributed by atoms with E-state index in [1.807, 2.05) is 24.0 Å². The lowest BCUT2D eigenvalue weighted by Crippen LogP contribution is -2.43. The molecule has 134 valence electrons. The number of carbonyl (C=O) groups excluding carboxylic acids is 1. The van der Waals surface area contributed by atoms with Crippen LogP contribution in [0.4, 0.5) is 14.9 Å². The number of likely N-dealkylation sites (tertiary alicyclic amines) is 1. The average Bonchev–Trinajstić information content (AvgIpc) is 3.07. The number of halogens is 1. The summed E-state index contributed by atoms with van der Waals surface area (Å²) < 4.78 is 19.4. The number of rotatable bonds is 5. The molecule has 7 heteroatoms. The Kier molecular flexibility index (Phi) is 5.53. The second kappa shape index (κ2) is 8.00. The molecule has 0 bridgehead atoms. The Morgan fingerprint density at radius 2 is 2.36 bits per heavy atom. The number of aryl methyl sites for hydroxylation is 1. The van der Waals surface area contributed by atoms with Crippen molar-refractivity contribution in [3.05, 3.63) is 42.2 Å². The molecule has 6 nitrogen and oxygen atoms in total. The van der Waals surface area contributed by atoms with Crippen molar-refractivity contribution in [3.63, 3.8) is 0 Å². The van der Waals surface area contributed by atoms with E-state index in [2.05, 4.69) is 10.4 Å². The van der Waals surface area contributed by atoms with Crippen LogP contribution in [0.2, 0.25) is 0 Å². The molecule has 0 spiro atoms. The summed E-state index contributed by atoms with van der Waals surface area (Å²) in [5.74, 6) is 0.541. The first kappa shape index (κ1) is 17.3. The second-order valence-electron chi connectivity index (χ2n) is 6.24. The predicted octanol–water partition coefficient (Wildman–Crippen LogP) is 3.41. The molecule has 0 aliphatic carbocycles. The third kappa shape index (κ3) is 4.49. The van der Waals surface area contributed by atoms with Crippen LogP contribution in [0, 0.1) is 6.92 Å². The van der Waals surface area contributed by atoms with Crippen molar-refractivity contribution in [2.24, 2.45) is 0 Å². The third-order valence-electron chi connectivity index (χ3n) is 4.22. The van der Waals surface area contributed by atoms with Gasteiger partial charge in [0.05, 0.1) is 12.2 Å². The molecule has 1 fully saturated rings. The Balaban J connectivity index is 1.61. The predicted molar refractivity (Wildman–Crippen MR) is 93.7 cm³/mol. The number of urea groups is 1. The van der Waals surface area contributed by atoms with Gasteiger partial charge in [0.1, 0.15) is 19.0 Å². The van der Waals surface area contributed by atoms with Crippen LogP contribution < -0.4 is 10.1 Å². The number of nitrogens with one attached hydrogen (secondary N) is 1. The van der Waals surface area contributed by atoms with Gasteiger partial charge < -0.3 is 15.0 Å². The summed E-state index contributed by atoms with van der Waals surface area (Å²) in [6.07, 6.45) is 5.80. The van der Waals surface area contributed by atoms with E-state index in [0.717, 1.165) is 24.9 Å². The molecule has 0 saturated carbocycles. The summed E-state index contributed by atoms with van der Waals surface area (Å²) in [6.45, 7) is 2.83. The van der Waals surface area contributed by atoms with Crippen molar-refractivity contribution < 1.29 is 13.9 Å². The molecule has 1 aromatic carbocycles. The maximum absolute atomic E-state index is 12.6. The molecule has 2 amide bonds. The van der Waals surface area contributed by atoms with Crippen molar-refractivity contribution in [3.8, 4) is 5.75 Å². The zero-order valence-corrected chi connectivity index (χ0v) is 14.3. The van der Waals surface area contributed by atoms with Gasteiger partial charge in [0, 0.05) is 31.0 Å². The zero-order valence-electron chi connectivity index (χ0n) is 14.3. The van der Waals surface area contributed by atoms with Crippen LogP contribution in [-0.2, 0) is 0 Å². The number of amides is 2. The van der Waals surface area contributed by atoms with Gasteiger partial charge in [-0.05, 0) is 37.5 Å². The lowest BCUT2D eigenvalue weighted by Gasteiger charge is -2.32. The largest absolute Gasteiger partial charge is 0.491 e. The number of benzene rings is 1. The number of alkyl halides is 1. The number of piperidine rings is 1. The SMILES string of the molecule is Cc1cnn([C@@H]2CCCN(C(=O)Nc3cccc(OCCF)c3)C2)c1. The van der Waals surface area contributed by atoms with Crippen LogP contribution in [0.25, 0.3) is 0 Å². The van der Waals surface area contributed by atoms with Crippen molar-refractivity contribution in [2.45, 2.75) is 25.8 Å². The van der Waals surface area contributed by atoms with E-state index in [1.54, 1.807) is 29.2 Å². The maximum Gasteiger partial charge on any atom is 0.321 e. The quantitative estimate of drug-likeness (QED) is 0.902. The van der Waals surface area contributed by atoms with Crippen molar-refractivity contribution in [1.29, 1.82) is 0 Å². The van der Waals surface area contributed by atoms with Gasteiger partial charge in [-0.15, -0.1) is 0 Å². The summed E-state index contributed by atoms with van der Waals surface area (Å²) in [4.78, 5) is 14.4. The van der Waals surface area contributed by atoms with E-state index < -0.39 is 6.67 Å². The van der Waals surface area contributed by atoms with Gasteiger partial charge in [-0.2, -0.15) is 5.10 Å². The number of hydrogen-bond acceptors (Lipinski definition) is 3. The minimum atomic E-state index is -0.543. The van der Waals surface area contributed by atoms with Crippen LogP contribution in [0.3, 0.4) is 0 Å². The maximum atomic E-state index is 12.6. The molecule has 3 rings (SSSR count). The van der Waals surface area contributed by atoms with E-state index in [9.17, 15) is 9.18 Å². The first-order chi connectivity index (χ1) is 12.2. The summed E-state index contributed by atoms with van der Waals surface area (Å²) >= 11 is 0. The highest BCUT2D eigenvalue weighted by molar-refractivity contribution is 5.89.